The van der Waals surface area contributed by atoms with E-state index in [1.807, 2.05) is 30.3 Å². The summed E-state index contributed by atoms with van der Waals surface area (Å²) in [6.45, 7) is 0. The van der Waals surface area contributed by atoms with Crippen LogP contribution in [0, 0.1) is 10.1 Å². The largest absolute Gasteiger partial charge is 0.378 e. The predicted octanol–water partition coefficient (Wildman–Crippen LogP) is 4.28. The SMILES string of the molecule is O=C(N/N=C\c1ccccc1OS(=O)(=O)c1cccc([N+](=O)[O-])c1)c1ccc2ccccc2c1. The van der Waals surface area contributed by atoms with Gasteiger partial charge in [-0.3, -0.25) is 14.9 Å². The number of hydrogen-bond acceptors (Lipinski definition) is 7. The monoisotopic (exact) mass is 475 g/mol. The molecule has 9 nitrogen and oxygen atoms in total. The van der Waals surface area contributed by atoms with Gasteiger partial charge in [-0.2, -0.15) is 13.5 Å². The van der Waals surface area contributed by atoms with Gasteiger partial charge in [0.05, 0.1) is 11.1 Å². The molecule has 0 heterocycles. The van der Waals surface area contributed by atoms with Crippen molar-refractivity contribution in [3.63, 3.8) is 0 Å². The Morgan fingerprint density at radius 3 is 2.44 bits per heavy atom. The Labute approximate surface area is 194 Å². The maximum Gasteiger partial charge on any atom is 0.339 e. The van der Waals surface area contributed by atoms with Gasteiger partial charge in [-0.25, -0.2) is 5.43 Å². The molecule has 0 spiro atoms. The molecular formula is C24H17N3O6S. The molecule has 0 aliphatic heterocycles. The molecule has 34 heavy (non-hydrogen) atoms. The van der Waals surface area contributed by atoms with Gasteiger partial charge in [0.25, 0.3) is 11.6 Å². The Morgan fingerprint density at radius 2 is 1.65 bits per heavy atom. The highest BCUT2D eigenvalue weighted by Crippen LogP contribution is 2.24. The number of nitrogens with zero attached hydrogens (tertiary/aromatic N) is 2. The number of benzene rings is 4. The second kappa shape index (κ2) is 9.51. The number of carbonyl (C=O) groups is 1. The molecule has 0 unspecified atom stereocenters. The van der Waals surface area contributed by atoms with Gasteiger partial charge in [0.2, 0.25) is 0 Å². The highest BCUT2D eigenvalue weighted by molar-refractivity contribution is 7.87. The standard InChI is InChI=1S/C24H17N3O6S/c28-24(19-13-12-17-6-1-2-7-18(17)14-19)26-25-16-20-8-3-4-11-23(20)33-34(31,32)22-10-5-9-21(15-22)27(29)30/h1-16H,(H,26,28)/b25-16-. The first kappa shape index (κ1) is 22.6. The summed E-state index contributed by atoms with van der Waals surface area (Å²) in [7, 11) is -4.35. The number of nitrogens with one attached hydrogen (secondary N) is 1. The van der Waals surface area contributed by atoms with Gasteiger partial charge < -0.3 is 4.18 Å². The van der Waals surface area contributed by atoms with E-state index in [1.54, 1.807) is 30.3 Å². The molecule has 0 aromatic heterocycles. The van der Waals surface area contributed by atoms with Gasteiger partial charge in [-0.1, -0.05) is 48.5 Å². The minimum atomic E-state index is -4.35. The van der Waals surface area contributed by atoms with E-state index in [1.165, 1.54) is 30.5 Å². The second-order valence-electron chi connectivity index (χ2n) is 7.09. The Kier molecular flexibility index (Phi) is 6.33. The first-order chi connectivity index (χ1) is 16.3. The maximum atomic E-state index is 12.6. The molecule has 170 valence electrons. The molecule has 0 aliphatic rings. The van der Waals surface area contributed by atoms with E-state index in [2.05, 4.69) is 10.5 Å². The fourth-order valence-electron chi connectivity index (χ4n) is 3.14. The summed E-state index contributed by atoms with van der Waals surface area (Å²) in [5.41, 5.74) is 2.71. The summed E-state index contributed by atoms with van der Waals surface area (Å²) >= 11 is 0. The van der Waals surface area contributed by atoms with Crippen molar-refractivity contribution < 1.29 is 22.3 Å². The predicted molar refractivity (Wildman–Crippen MR) is 126 cm³/mol. The third kappa shape index (κ3) is 5.08. The van der Waals surface area contributed by atoms with Crippen LogP contribution in [0.4, 0.5) is 5.69 Å². The van der Waals surface area contributed by atoms with E-state index in [-0.39, 0.29) is 21.9 Å². The van der Waals surface area contributed by atoms with Crippen molar-refractivity contribution >= 4 is 38.7 Å². The summed E-state index contributed by atoms with van der Waals surface area (Å²) < 4.78 is 30.5. The number of hydrazone groups is 1. The summed E-state index contributed by atoms with van der Waals surface area (Å²) in [4.78, 5) is 22.3. The number of carbonyl (C=O) groups excluding carboxylic acids is 1. The van der Waals surface area contributed by atoms with Gasteiger partial charge in [-0.15, -0.1) is 0 Å². The van der Waals surface area contributed by atoms with Crippen molar-refractivity contribution in [2.45, 2.75) is 4.90 Å². The molecule has 1 amide bonds. The molecule has 1 N–H and O–H groups in total. The number of non-ortho nitro benzene ring substituents is 1. The fourth-order valence-corrected chi connectivity index (χ4v) is 4.13. The molecule has 0 radical (unpaired) electrons. The topological polar surface area (TPSA) is 128 Å². The number of para-hydroxylation sites is 1. The van der Waals surface area contributed by atoms with Crippen LogP contribution in [0.25, 0.3) is 10.8 Å². The Morgan fingerprint density at radius 1 is 0.912 bits per heavy atom. The van der Waals surface area contributed by atoms with Crippen molar-refractivity contribution in [1.82, 2.24) is 5.43 Å². The number of hydrogen-bond donors (Lipinski definition) is 1. The van der Waals surface area contributed by atoms with Gasteiger partial charge in [0.15, 0.2) is 5.75 Å². The van der Waals surface area contributed by atoms with Crippen LogP contribution in [-0.2, 0) is 10.1 Å². The summed E-state index contributed by atoms with van der Waals surface area (Å²) in [5, 5.41) is 16.8. The second-order valence-corrected chi connectivity index (χ2v) is 8.64. The van der Waals surface area contributed by atoms with Crippen LogP contribution in [0.5, 0.6) is 5.75 Å². The number of rotatable bonds is 7. The molecule has 0 bridgehead atoms. The van der Waals surface area contributed by atoms with Crippen LogP contribution in [0.1, 0.15) is 15.9 Å². The minimum Gasteiger partial charge on any atom is -0.378 e. The number of fused-ring (bicyclic) bond motifs is 1. The molecule has 0 saturated heterocycles. The van der Waals surface area contributed by atoms with Crippen LogP contribution in [0.2, 0.25) is 0 Å². The van der Waals surface area contributed by atoms with Gasteiger partial charge in [-0.05, 0) is 41.1 Å². The van der Waals surface area contributed by atoms with Crippen molar-refractivity contribution in [3.05, 3.63) is 112 Å². The maximum absolute atomic E-state index is 12.6. The van der Waals surface area contributed by atoms with Crippen molar-refractivity contribution in [3.8, 4) is 5.75 Å². The van der Waals surface area contributed by atoms with Crippen LogP contribution in [0.3, 0.4) is 0 Å². The molecule has 4 rings (SSSR count). The van der Waals surface area contributed by atoms with Crippen molar-refractivity contribution in [1.29, 1.82) is 0 Å². The molecule has 0 fully saturated rings. The lowest BCUT2D eigenvalue weighted by Crippen LogP contribution is -2.17. The first-order valence-electron chi connectivity index (χ1n) is 9.94. The average Bonchev–Trinajstić information content (AvgIpc) is 2.84. The number of amides is 1. The Hall–Kier alpha value is -4.57. The van der Waals surface area contributed by atoms with E-state index in [9.17, 15) is 23.3 Å². The van der Waals surface area contributed by atoms with Crippen LogP contribution in [0.15, 0.2) is 101 Å². The molecule has 0 atom stereocenters. The molecule has 10 heteroatoms. The zero-order valence-corrected chi connectivity index (χ0v) is 18.3. The van der Waals surface area contributed by atoms with E-state index < -0.39 is 20.9 Å². The summed E-state index contributed by atoms with van der Waals surface area (Å²) in [6.07, 6.45) is 1.25. The van der Waals surface area contributed by atoms with Crippen LogP contribution in [-0.4, -0.2) is 25.5 Å². The zero-order chi connectivity index (χ0) is 24.1. The van der Waals surface area contributed by atoms with Crippen molar-refractivity contribution in [2.75, 3.05) is 0 Å². The summed E-state index contributed by atoms with van der Waals surface area (Å²) in [6, 6.07) is 23.5. The molecule has 0 aliphatic carbocycles. The highest BCUT2D eigenvalue weighted by atomic mass is 32.2. The lowest BCUT2D eigenvalue weighted by molar-refractivity contribution is -0.385. The molecular weight excluding hydrogens is 458 g/mol. The third-order valence-electron chi connectivity index (χ3n) is 4.82. The molecule has 4 aromatic rings. The highest BCUT2D eigenvalue weighted by Gasteiger charge is 2.21. The van der Waals surface area contributed by atoms with Gasteiger partial charge in [0.1, 0.15) is 4.90 Å². The van der Waals surface area contributed by atoms with Gasteiger partial charge in [0, 0.05) is 23.3 Å². The lowest BCUT2D eigenvalue weighted by Gasteiger charge is -2.09. The Balaban J connectivity index is 1.51. The zero-order valence-electron chi connectivity index (χ0n) is 17.5. The van der Waals surface area contributed by atoms with E-state index in [4.69, 9.17) is 4.18 Å². The quantitative estimate of drug-likeness (QED) is 0.184. The minimum absolute atomic E-state index is 0.0577. The third-order valence-corrected chi connectivity index (χ3v) is 6.05. The van der Waals surface area contributed by atoms with Gasteiger partial charge >= 0.3 is 10.1 Å². The molecule has 0 saturated carbocycles. The van der Waals surface area contributed by atoms with E-state index >= 15 is 0 Å². The normalized spacial score (nSPS) is 11.4. The lowest BCUT2D eigenvalue weighted by atomic mass is 10.1. The van der Waals surface area contributed by atoms with E-state index in [0.29, 0.717) is 5.56 Å². The van der Waals surface area contributed by atoms with Crippen molar-refractivity contribution in [2.24, 2.45) is 5.10 Å². The number of nitro groups is 1. The first-order valence-corrected chi connectivity index (χ1v) is 11.3. The Bertz CT molecular complexity index is 1530. The summed E-state index contributed by atoms with van der Waals surface area (Å²) in [5.74, 6) is -0.498. The van der Waals surface area contributed by atoms with E-state index in [0.717, 1.165) is 16.8 Å². The van der Waals surface area contributed by atoms with Crippen LogP contribution >= 0.6 is 0 Å². The fraction of sp³-hybridized carbons (Fsp3) is 0. The molecule has 4 aromatic carbocycles. The smallest absolute Gasteiger partial charge is 0.339 e. The number of nitro benzene ring substituents is 1. The van der Waals surface area contributed by atoms with Crippen LogP contribution < -0.4 is 9.61 Å². The average molecular weight is 475 g/mol.